The molecule has 3 fully saturated rings. The van der Waals surface area contributed by atoms with Crippen molar-refractivity contribution >= 4 is 5.97 Å². The maximum Gasteiger partial charge on any atom is 0.316 e. The molecule has 1 aromatic carbocycles. The van der Waals surface area contributed by atoms with Crippen molar-refractivity contribution in [2.75, 3.05) is 26.2 Å². The summed E-state index contributed by atoms with van der Waals surface area (Å²) in [5, 5.41) is 9.50. The van der Waals surface area contributed by atoms with Gasteiger partial charge in [-0.2, -0.15) is 0 Å². The minimum atomic E-state index is -0.563. The number of hydrogen-bond donors (Lipinski definition) is 1. The highest BCUT2D eigenvalue weighted by Crippen LogP contribution is 2.30. The average Bonchev–Trinajstić information content (AvgIpc) is 2.50. The van der Waals surface area contributed by atoms with Gasteiger partial charge in [0.2, 0.25) is 0 Å². The summed E-state index contributed by atoms with van der Waals surface area (Å²) in [6.45, 7) is 2.90. The lowest BCUT2D eigenvalue weighted by molar-refractivity contribution is -0.161. The highest BCUT2D eigenvalue weighted by atomic mass is 16.5. The number of carbonyl (C=O) groups is 1. The van der Waals surface area contributed by atoms with Gasteiger partial charge in [0.1, 0.15) is 12.0 Å². The van der Waals surface area contributed by atoms with Crippen LogP contribution in [0.15, 0.2) is 30.3 Å². The van der Waals surface area contributed by atoms with Gasteiger partial charge in [0, 0.05) is 6.54 Å². The lowest BCUT2D eigenvalue weighted by Gasteiger charge is -2.44. The maximum atomic E-state index is 12.3. The number of ether oxygens (including phenoxy) is 1. The average molecular weight is 275 g/mol. The molecule has 3 heterocycles. The Balaban J connectivity index is 1.66. The van der Waals surface area contributed by atoms with Crippen LogP contribution in [-0.4, -0.2) is 48.3 Å². The van der Waals surface area contributed by atoms with E-state index in [1.165, 1.54) is 0 Å². The lowest BCUT2D eigenvalue weighted by Crippen LogP contribution is -2.52. The Hall–Kier alpha value is -1.39. The Morgan fingerprint density at radius 2 is 2.00 bits per heavy atom. The monoisotopic (exact) mass is 275 g/mol. The Labute approximate surface area is 119 Å². The fraction of sp³-hybridized carbons (Fsp3) is 0.562. The minimum absolute atomic E-state index is 0.00256. The summed E-state index contributed by atoms with van der Waals surface area (Å²) in [5.41, 5.74) is 0.821. The standard InChI is InChI=1S/C16H21NO3/c18-11-14(12-4-2-1-3-5-12)16(19)20-15-10-17-8-6-13(15)7-9-17/h1-5,13-15,18H,6-11H2. The molecular formula is C16H21NO3. The molecule has 4 nitrogen and oxygen atoms in total. The van der Waals surface area contributed by atoms with Crippen molar-refractivity contribution in [3.05, 3.63) is 35.9 Å². The second-order valence-corrected chi connectivity index (χ2v) is 5.76. The Kier molecular flexibility index (Phi) is 4.03. The van der Waals surface area contributed by atoms with Crippen LogP contribution in [0.4, 0.5) is 0 Å². The Morgan fingerprint density at radius 1 is 1.30 bits per heavy atom. The van der Waals surface area contributed by atoms with Crippen molar-refractivity contribution in [1.82, 2.24) is 4.90 Å². The number of esters is 1. The third-order valence-electron chi connectivity index (χ3n) is 4.53. The molecule has 0 amide bonds. The summed E-state index contributed by atoms with van der Waals surface area (Å²) < 4.78 is 5.69. The van der Waals surface area contributed by atoms with E-state index in [-0.39, 0.29) is 18.7 Å². The third kappa shape index (κ3) is 2.72. The quantitative estimate of drug-likeness (QED) is 0.844. The molecule has 4 heteroatoms. The second-order valence-electron chi connectivity index (χ2n) is 5.76. The minimum Gasteiger partial charge on any atom is -0.460 e. The zero-order valence-electron chi connectivity index (χ0n) is 11.6. The highest BCUT2D eigenvalue weighted by molar-refractivity contribution is 5.78. The van der Waals surface area contributed by atoms with Crippen molar-refractivity contribution in [2.24, 2.45) is 5.92 Å². The molecule has 0 aliphatic carbocycles. The molecule has 0 aromatic heterocycles. The van der Waals surface area contributed by atoms with Crippen molar-refractivity contribution < 1.29 is 14.6 Å². The Morgan fingerprint density at radius 3 is 2.55 bits per heavy atom. The molecule has 108 valence electrons. The van der Waals surface area contributed by atoms with Gasteiger partial charge in [0.15, 0.2) is 0 Å². The number of rotatable bonds is 4. The zero-order chi connectivity index (χ0) is 13.9. The zero-order valence-corrected chi connectivity index (χ0v) is 11.6. The molecule has 1 N–H and O–H groups in total. The number of aliphatic hydroxyl groups excluding tert-OH is 1. The molecular weight excluding hydrogens is 254 g/mol. The van der Waals surface area contributed by atoms with Gasteiger partial charge in [0.25, 0.3) is 0 Å². The van der Waals surface area contributed by atoms with E-state index in [0.717, 1.165) is 38.0 Å². The van der Waals surface area contributed by atoms with E-state index in [1.54, 1.807) is 0 Å². The predicted octanol–water partition coefficient (Wildman–Crippen LogP) is 1.40. The number of hydrogen-bond acceptors (Lipinski definition) is 4. The molecule has 3 aliphatic heterocycles. The van der Waals surface area contributed by atoms with Gasteiger partial charge in [-0.1, -0.05) is 30.3 Å². The molecule has 20 heavy (non-hydrogen) atoms. The van der Waals surface area contributed by atoms with Crippen LogP contribution in [0.25, 0.3) is 0 Å². The Bertz CT molecular complexity index is 454. The summed E-state index contributed by atoms with van der Waals surface area (Å²) in [5.74, 6) is -0.358. The third-order valence-corrected chi connectivity index (χ3v) is 4.53. The number of benzene rings is 1. The fourth-order valence-electron chi connectivity index (χ4n) is 3.28. The number of carbonyl (C=O) groups excluding carboxylic acids is 1. The molecule has 3 saturated heterocycles. The summed E-state index contributed by atoms with van der Waals surface area (Å²) in [6, 6.07) is 9.37. The van der Waals surface area contributed by atoms with E-state index in [4.69, 9.17) is 4.74 Å². The molecule has 2 unspecified atom stereocenters. The molecule has 0 spiro atoms. The van der Waals surface area contributed by atoms with Crippen LogP contribution in [-0.2, 0) is 9.53 Å². The summed E-state index contributed by atoms with van der Waals surface area (Å²) in [7, 11) is 0. The van der Waals surface area contributed by atoms with Crippen LogP contribution in [0.2, 0.25) is 0 Å². The smallest absolute Gasteiger partial charge is 0.316 e. The van der Waals surface area contributed by atoms with E-state index in [2.05, 4.69) is 4.90 Å². The first-order valence-corrected chi connectivity index (χ1v) is 7.36. The lowest BCUT2D eigenvalue weighted by atomic mass is 9.85. The van der Waals surface area contributed by atoms with Gasteiger partial charge in [-0.3, -0.25) is 9.69 Å². The highest BCUT2D eigenvalue weighted by Gasteiger charge is 2.37. The largest absolute Gasteiger partial charge is 0.460 e. The van der Waals surface area contributed by atoms with Crippen LogP contribution < -0.4 is 0 Å². The number of piperidine rings is 3. The van der Waals surface area contributed by atoms with Crippen LogP contribution in [0.5, 0.6) is 0 Å². The maximum absolute atomic E-state index is 12.3. The SMILES string of the molecule is O=C(OC1CN2CCC1CC2)C(CO)c1ccccc1. The van der Waals surface area contributed by atoms with Crippen molar-refractivity contribution in [2.45, 2.75) is 24.9 Å². The van der Waals surface area contributed by atoms with E-state index < -0.39 is 5.92 Å². The van der Waals surface area contributed by atoms with Gasteiger partial charge >= 0.3 is 5.97 Å². The van der Waals surface area contributed by atoms with Crippen LogP contribution in [0.1, 0.15) is 24.3 Å². The molecule has 2 bridgehead atoms. The van der Waals surface area contributed by atoms with Gasteiger partial charge < -0.3 is 9.84 Å². The van der Waals surface area contributed by atoms with Crippen molar-refractivity contribution in [3.63, 3.8) is 0 Å². The van der Waals surface area contributed by atoms with E-state index in [0.29, 0.717) is 5.92 Å². The number of fused-ring (bicyclic) bond motifs is 3. The van der Waals surface area contributed by atoms with Crippen molar-refractivity contribution in [3.8, 4) is 0 Å². The van der Waals surface area contributed by atoms with Gasteiger partial charge in [-0.05, 0) is 37.4 Å². The number of aliphatic hydroxyl groups is 1. The van der Waals surface area contributed by atoms with Crippen LogP contribution >= 0.6 is 0 Å². The van der Waals surface area contributed by atoms with Crippen molar-refractivity contribution in [1.29, 1.82) is 0 Å². The number of nitrogens with zero attached hydrogens (tertiary/aromatic N) is 1. The molecule has 1 aromatic rings. The summed E-state index contributed by atoms with van der Waals surface area (Å²) >= 11 is 0. The van der Waals surface area contributed by atoms with Gasteiger partial charge in [-0.25, -0.2) is 0 Å². The van der Waals surface area contributed by atoms with E-state index in [1.807, 2.05) is 30.3 Å². The van der Waals surface area contributed by atoms with E-state index in [9.17, 15) is 9.90 Å². The first kappa shape index (κ1) is 13.6. The molecule has 3 aliphatic rings. The van der Waals surface area contributed by atoms with Gasteiger partial charge in [0.05, 0.1) is 6.61 Å². The molecule has 2 atom stereocenters. The first-order valence-electron chi connectivity index (χ1n) is 7.36. The molecule has 0 radical (unpaired) electrons. The topological polar surface area (TPSA) is 49.8 Å². The summed E-state index contributed by atoms with van der Waals surface area (Å²) in [6.07, 6.45) is 2.24. The molecule has 4 rings (SSSR count). The van der Waals surface area contributed by atoms with Crippen LogP contribution in [0.3, 0.4) is 0 Å². The van der Waals surface area contributed by atoms with Gasteiger partial charge in [-0.15, -0.1) is 0 Å². The fourth-order valence-corrected chi connectivity index (χ4v) is 3.28. The first-order chi connectivity index (χ1) is 9.78. The summed E-state index contributed by atoms with van der Waals surface area (Å²) in [4.78, 5) is 14.7. The molecule has 0 saturated carbocycles. The predicted molar refractivity (Wildman–Crippen MR) is 75.3 cm³/mol. The normalized spacial score (nSPS) is 29.9. The second kappa shape index (κ2) is 5.94. The van der Waals surface area contributed by atoms with E-state index >= 15 is 0 Å². The van der Waals surface area contributed by atoms with Crippen LogP contribution in [0, 0.1) is 5.92 Å².